The zero-order chi connectivity index (χ0) is 18.8. The summed E-state index contributed by atoms with van der Waals surface area (Å²) in [6.45, 7) is 1.88. The number of nitrogens with one attached hydrogen (secondary N) is 3. The molecule has 4 rings (SSSR count). The predicted octanol–water partition coefficient (Wildman–Crippen LogP) is 2.38. The molecule has 0 fully saturated rings. The van der Waals surface area contributed by atoms with Gasteiger partial charge in [0.2, 0.25) is 11.7 Å². The number of aromatic nitrogens is 4. The Labute approximate surface area is 152 Å². The zero-order valence-electron chi connectivity index (χ0n) is 14.3. The van der Waals surface area contributed by atoms with Crippen molar-refractivity contribution in [3.05, 3.63) is 70.2 Å². The third kappa shape index (κ3) is 3.71. The number of hydrogen-bond acceptors (Lipinski definition) is 6. The first kappa shape index (κ1) is 16.6. The molecule has 27 heavy (non-hydrogen) atoms. The van der Waals surface area contributed by atoms with Crippen LogP contribution in [0.25, 0.3) is 11.0 Å². The van der Waals surface area contributed by atoms with Crippen LogP contribution in [0.1, 0.15) is 22.1 Å². The summed E-state index contributed by atoms with van der Waals surface area (Å²) in [7, 11) is 0. The summed E-state index contributed by atoms with van der Waals surface area (Å²) >= 11 is 0. The number of rotatable bonds is 5. The monoisotopic (exact) mass is 365 g/mol. The Hall–Kier alpha value is -3.88. The van der Waals surface area contributed by atoms with E-state index in [2.05, 4.69) is 25.4 Å². The molecule has 0 bridgehead atoms. The lowest BCUT2D eigenvalue weighted by Crippen LogP contribution is -2.11. The molecule has 3 N–H and O–H groups in total. The Bertz CT molecular complexity index is 1160. The lowest BCUT2D eigenvalue weighted by molar-refractivity contribution is 0.102. The summed E-state index contributed by atoms with van der Waals surface area (Å²) in [4.78, 5) is 33.0. The van der Waals surface area contributed by atoms with Gasteiger partial charge >= 0.3 is 5.69 Å². The molecule has 2 aromatic carbocycles. The maximum atomic E-state index is 12.4. The van der Waals surface area contributed by atoms with Crippen LogP contribution in [0.3, 0.4) is 0 Å². The third-order valence-corrected chi connectivity index (χ3v) is 3.83. The Morgan fingerprint density at radius 3 is 2.67 bits per heavy atom. The summed E-state index contributed by atoms with van der Waals surface area (Å²) in [6.07, 6.45) is 0. The van der Waals surface area contributed by atoms with Gasteiger partial charge in [0, 0.05) is 18.2 Å². The number of anilines is 1. The molecule has 4 aromatic rings. The quantitative estimate of drug-likeness (QED) is 0.498. The first-order valence-corrected chi connectivity index (χ1v) is 8.12. The van der Waals surface area contributed by atoms with E-state index in [-0.39, 0.29) is 18.2 Å². The molecule has 2 aromatic heterocycles. The largest absolute Gasteiger partial charge is 0.485 e. The fourth-order valence-corrected chi connectivity index (χ4v) is 2.56. The normalized spacial score (nSPS) is 10.9. The van der Waals surface area contributed by atoms with Crippen molar-refractivity contribution >= 4 is 22.6 Å². The molecule has 0 atom stereocenters. The molecule has 9 heteroatoms. The second-order valence-electron chi connectivity index (χ2n) is 5.84. The van der Waals surface area contributed by atoms with Crippen LogP contribution in [0.2, 0.25) is 0 Å². The van der Waals surface area contributed by atoms with Crippen LogP contribution in [-0.4, -0.2) is 26.0 Å². The van der Waals surface area contributed by atoms with E-state index in [9.17, 15) is 9.59 Å². The van der Waals surface area contributed by atoms with Gasteiger partial charge in [-0.15, -0.1) is 0 Å². The fourth-order valence-electron chi connectivity index (χ4n) is 2.56. The van der Waals surface area contributed by atoms with Gasteiger partial charge in [0.1, 0.15) is 5.75 Å². The first-order valence-electron chi connectivity index (χ1n) is 8.12. The van der Waals surface area contributed by atoms with Crippen LogP contribution in [0.15, 0.2) is 51.8 Å². The number of ether oxygens (including phenoxy) is 1. The zero-order valence-corrected chi connectivity index (χ0v) is 14.3. The topological polar surface area (TPSA) is 126 Å². The fraction of sp³-hybridized carbons (Fsp3) is 0.111. The highest BCUT2D eigenvalue weighted by molar-refractivity contribution is 6.05. The van der Waals surface area contributed by atoms with Crippen molar-refractivity contribution < 1.29 is 14.1 Å². The van der Waals surface area contributed by atoms with Gasteiger partial charge in [0.25, 0.3) is 5.91 Å². The minimum atomic E-state index is -0.292. The Morgan fingerprint density at radius 2 is 1.93 bits per heavy atom. The molecule has 0 radical (unpaired) electrons. The van der Waals surface area contributed by atoms with Crippen molar-refractivity contribution in [2.45, 2.75) is 13.5 Å². The molecule has 0 aliphatic carbocycles. The summed E-state index contributed by atoms with van der Waals surface area (Å²) in [5, 5.41) is 6.54. The summed E-state index contributed by atoms with van der Waals surface area (Å²) in [5.74, 6) is 1.24. The van der Waals surface area contributed by atoms with E-state index >= 15 is 0 Å². The maximum absolute atomic E-state index is 12.4. The SMILES string of the molecule is Cc1nc(COc2ccc(C(=O)Nc3ccc4[nH]c(=O)[nH]c4c3)cc2)no1. The average Bonchev–Trinajstić information content (AvgIpc) is 3.24. The number of carbonyl (C=O) groups excluding carboxylic acids is 1. The summed E-state index contributed by atoms with van der Waals surface area (Å²) in [5.41, 5.74) is 2.06. The molecule has 136 valence electrons. The van der Waals surface area contributed by atoms with Crippen molar-refractivity contribution in [3.8, 4) is 5.75 Å². The molecule has 0 aliphatic rings. The van der Waals surface area contributed by atoms with E-state index in [1.165, 1.54) is 0 Å². The first-order chi connectivity index (χ1) is 13.1. The third-order valence-electron chi connectivity index (χ3n) is 3.83. The number of H-pyrrole nitrogens is 2. The number of fused-ring (bicyclic) bond motifs is 1. The molecule has 2 heterocycles. The predicted molar refractivity (Wildman–Crippen MR) is 96.7 cm³/mol. The van der Waals surface area contributed by atoms with Crippen LogP contribution < -0.4 is 15.7 Å². The lowest BCUT2D eigenvalue weighted by atomic mass is 10.2. The van der Waals surface area contributed by atoms with Crippen molar-refractivity contribution in [3.63, 3.8) is 0 Å². The van der Waals surface area contributed by atoms with Crippen LogP contribution in [-0.2, 0) is 6.61 Å². The lowest BCUT2D eigenvalue weighted by Gasteiger charge is -2.07. The van der Waals surface area contributed by atoms with Crippen LogP contribution in [0, 0.1) is 6.92 Å². The van der Waals surface area contributed by atoms with Crippen LogP contribution >= 0.6 is 0 Å². The number of aromatic amines is 2. The van der Waals surface area contributed by atoms with E-state index < -0.39 is 0 Å². The number of amides is 1. The Balaban J connectivity index is 1.41. The van der Waals surface area contributed by atoms with Crippen LogP contribution in [0.4, 0.5) is 5.69 Å². The van der Waals surface area contributed by atoms with Crippen molar-refractivity contribution in [1.29, 1.82) is 0 Å². The number of benzene rings is 2. The summed E-state index contributed by atoms with van der Waals surface area (Å²) < 4.78 is 10.4. The standard InChI is InChI=1S/C18H15N5O4/c1-10-19-16(23-27-10)9-26-13-5-2-11(3-6-13)17(24)20-12-4-7-14-15(8-12)22-18(25)21-14/h2-8H,9H2,1H3,(H,20,24)(H2,21,22,25). The van der Waals surface area contributed by atoms with Gasteiger partial charge in [-0.2, -0.15) is 4.98 Å². The number of nitrogens with zero attached hydrogens (tertiary/aromatic N) is 2. The molecule has 0 saturated heterocycles. The molecule has 0 saturated carbocycles. The van der Waals surface area contributed by atoms with E-state index in [4.69, 9.17) is 9.26 Å². The minimum absolute atomic E-state index is 0.178. The number of aryl methyl sites for hydroxylation is 1. The Morgan fingerprint density at radius 1 is 1.15 bits per heavy atom. The molecule has 0 unspecified atom stereocenters. The highest BCUT2D eigenvalue weighted by Crippen LogP contribution is 2.17. The van der Waals surface area contributed by atoms with E-state index in [1.54, 1.807) is 49.4 Å². The molecular weight excluding hydrogens is 350 g/mol. The molecule has 9 nitrogen and oxygen atoms in total. The van der Waals surface area contributed by atoms with Gasteiger partial charge < -0.3 is 24.5 Å². The van der Waals surface area contributed by atoms with Gasteiger partial charge in [-0.05, 0) is 42.5 Å². The van der Waals surface area contributed by atoms with Gasteiger partial charge in [-0.25, -0.2) is 4.79 Å². The summed E-state index contributed by atoms with van der Waals surface area (Å²) in [6, 6.07) is 11.8. The van der Waals surface area contributed by atoms with Gasteiger partial charge in [-0.3, -0.25) is 4.79 Å². The Kier molecular flexibility index (Phi) is 4.17. The van der Waals surface area contributed by atoms with Gasteiger partial charge in [0.15, 0.2) is 6.61 Å². The molecule has 0 aliphatic heterocycles. The maximum Gasteiger partial charge on any atom is 0.323 e. The average molecular weight is 365 g/mol. The smallest absolute Gasteiger partial charge is 0.323 e. The highest BCUT2D eigenvalue weighted by atomic mass is 16.5. The van der Waals surface area contributed by atoms with Gasteiger partial charge in [0.05, 0.1) is 11.0 Å². The second-order valence-corrected chi connectivity index (χ2v) is 5.84. The number of hydrogen-bond donors (Lipinski definition) is 3. The molecule has 1 amide bonds. The van der Waals surface area contributed by atoms with E-state index in [0.717, 1.165) is 0 Å². The molecule has 0 spiro atoms. The van der Waals surface area contributed by atoms with Crippen molar-refractivity contribution in [2.24, 2.45) is 0 Å². The van der Waals surface area contributed by atoms with Crippen LogP contribution in [0.5, 0.6) is 5.75 Å². The number of imidazole rings is 1. The van der Waals surface area contributed by atoms with Crippen molar-refractivity contribution in [1.82, 2.24) is 20.1 Å². The van der Waals surface area contributed by atoms with E-state index in [1.807, 2.05) is 0 Å². The van der Waals surface area contributed by atoms with Crippen molar-refractivity contribution in [2.75, 3.05) is 5.32 Å². The molecular formula is C18H15N5O4. The van der Waals surface area contributed by atoms with Gasteiger partial charge in [-0.1, -0.05) is 5.16 Å². The highest BCUT2D eigenvalue weighted by Gasteiger charge is 2.09. The number of carbonyl (C=O) groups is 1. The second kappa shape index (κ2) is 6.79. The van der Waals surface area contributed by atoms with E-state index in [0.29, 0.717) is 39.7 Å². The minimum Gasteiger partial charge on any atom is -0.485 e.